The van der Waals surface area contributed by atoms with E-state index in [1.807, 2.05) is 6.07 Å². The molecule has 7 heteroatoms. The van der Waals surface area contributed by atoms with E-state index in [-0.39, 0.29) is 0 Å². The molecule has 0 bridgehead atoms. The van der Waals surface area contributed by atoms with Gasteiger partial charge in [-0.25, -0.2) is 4.99 Å². The molecule has 0 unspecified atom stereocenters. The third kappa shape index (κ3) is 6.23. The molecule has 3 N–H and O–H groups in total. The van der Waals surface area contributed by atoms with Crippen LogP contribution in [0, 0.1) is 5.92 Å². The third-order valence-corrected chi connectivity index (χ3v) is 5.54. The van der Waals surface area contributed by atoms with Crippen LogP contribution in [-0.2, 0) is 13.1 Å². The van der Waals surface area contributed by atoms with E-state index in [4.69, 9.17) is 9.52 Å². The van der Waals surface area contributed by atoms with Crippen molar-refractivity contribution in [1.29, 1.82) is 0 Å². The van der Waals surface area contributed by atoms with E-state index < -0.39 is 0 Å². The quantitative estimate of drug-likeness (QED) is 0.455. The Bertz CT molecular complexity index is 792. The fourth-order valence-electron chi connectivity index (χ4n) is 3.55. The molecule has 1 aliphatic heterocycles. The van der Waals surface area contributed by atoms with Crippen LogP contribution < -0.4 is 15.5 Å². The maximum absolute atomic E-state index is 9.30. The summed E-state index contributed by atoms with van der Waals surface area (Å²) in [6.45, 7) is 10.5. The summed E-state index contributed by atoms with van der Waals surface area (Å²) in [5, 5.41) is 20.0. The van der Waals surface area contributed by atoms with Gasteiger partial charge < -0.3 is 25.2 Å². The molecule has 164 valence electrons. The summed E-state index contributed by atoms with van der Waals surface area (Å²) in [4.78, 5) is 7.09. The van der Waals surface area contributed by atoms with Crippen molar-refractivity contribution in [2.75, 3.05) is 31.1 Å². The summed E-state index contributed by atoms with van der Waals surface area (Å²) in [6, 6.07) is 10.6. The molecule has 1 fully saturated rings. The lowest BCUT2D eigenvalue weighted by molar-refractivity contribution is 0.203. The fourth-order valence-corrected chi connectivity index (χ4v) is 3.55. The van der Waals surface area contributed by atoms with Crippen LogP contribution in [0.25, 0.3) is 0 Å². The van der Waals surface area contributed by atoms with Gasteiger partial charge in [-0.3, -0.25) is 0 Å². The number of guanidine groups is 1. The Morgan fingerprint density at radius 2 is 1.97 bits per heavy atom. The van der Waals surface area contributed by atoms with Crippen LogP contribution in [0.1, 0.15) is 56.5 Å². The van der Waals surface area contributed by atoms with Crippen LogP contribution in [0.3, 0.4) is 0 Å². The number of nitrogens with one attached hydrogen (secondary N) is 2. The zero-order chi connectivity index (χ0) is 21.3. The molecule has 2 heterocycles. The number of piperidine rings is 1. The molecule has 0 aliphatic carbocycles. The molecule has 0 atom stereocenters. The molecule has 0 amide bonds. The number of benzene rings is 1. The lowest BCUT2D eigenvalue weighted by Gasteiger charge is -2.32. The van der Waals surface area contributed by atoms with E-state index in [0.29, 0.717) is 31.5 Å². The highest BCUT2D eigenvalue weighted by Gasteiger charge is 2.18. The van der Waals surface area contributed by atoms with Gasteiger partial charge in [0.25, 0.3) is 0 Å². The molecular weight excluding hydrogens is 378 g/mol. The fraction of sp³-hybridized carbons (Fsp3) is 0.565. The van der Waals surface area contributed by atoms with Crippen molar-refractivity contribution in [1.82, 2.24) is 15.8 Å². The van der Waals surface area contributed by atoms with Crippen molar-refractivity contribution in [3.63, 3.8) is 0 Å². The number of nitrogens with zero attached hydrogens (tertiary/aromatic N) is 3. The molecule has 3 rings (SSSR count). The summed E-state index contributed by atoms with van der Waals surface area (Å²) in [5.41, 5.74) is 3.38. The van der Waals surface area contributed by atoms with Crippen molar-refractivity contribution in [3.8, 4) is 0 Å². The zero-order valence-electron chi connectivity index (χ0n) is 18.4. The van der Waals surface area contributed by atoms with Gasteiger partial charge >= 0.3 is 0 Å². The highest BCUT2D eigenvalue weighted by molar-refractivity contribution is 5.79. The second-order valence-electron chi connectivity index (χ2n) is 8.20. The van der Waals surface area contributed by atoms with Gasteiger partial charge in [-0.05, 0) is 49.3 Å². The lowest BCUT2D eigenvalue weighted by atomic mass is 9.97. The smallest absolute Gasteiger partial charge is 0.191 e. The highest BCUT2D eigenvalue weighted by Crippen LogP contribution is 2.23. The summed E-state index contributed by atoms with van der Waals surface area (Å²) in [5.74, 6) is 2.38. The van der Waals surface area contributed by atoms with Gasteiger partial charge in [0.05, 0.1) is 18.8 Å². The Morgan fingerprint density at radius 3 is 2.57 bits per heavy atom. The third-order valence-electron chi connectivity index (χ3n) is 5.54. The molecule has 0 radical (unpaired) electrons. The lowest BCUT2D eigenvalue weighted by Crippen LogP contribution is -2.36. The second kappa shape index (κ2) is 11.0. The first-order valence-corrected chi connectivity index (χ1v) is 11.0. The largest absolute Gasteiger partial charge is 0.396 e. The first-order valence-electron chi connectivity index (χ1n) is 11.0. The van der Waals surface area contributed by atoms with E-state index in [2.05, 4.69) is 65.7 Å². The monoisotopic (exact) mass is 413 g/mol. The normalized spacial score (nSPS) is 15.6. The maximum Gasteiger partial charge on any atom is 0.191 e. The van der Waals surface area contributed by atoms with E-state index in [1.165, 1.54) is 11.3 Å². The summed E-state index contributed by atoms with van der Waals surface area (Å²) in [6.07, 6.45) is 2.12. The Kier molecular flexibility index (Phi) is 8.13. The SMILES string of the molecule is CCNC(=NCc1ccc(N2CCC(CO)CC2)cc1)NCc1cc(C(C)C)no1. The van der Waals surface area contributed by atoms with E-state index in [9.17, 15) is 5.11 Å². The van der Waals surface area contributed by atoms with Gasteiger partial charge in [0.2, 0.25) is 0 Å². The molecule has 0 spiro atoms. The molecule has 1 aromatic heterocycles. The highest BCUT2D eigenvalue weighted by atomic mass is 16.5. The Morgan fingerprint density at radius 1 is 1.23 bits per heavy atom. The maximum atomic E-state index is 9.30. The summed E-state index contributed by atoms with van der Waals surface area (Å²) in [7, 11) is 0. The standard InChI is InChI=1S/C23H35N5O2/c1-4-24-23(26-15-21-13-22(17(2)3)27-30-21)25-14-18-5-7-20(8-6-18)28-11-9-19(16-29)10-12-28/h5-8,13,17,19,29H,4,9-12,14-16H2,1-3H3,(H2,24,25,26). The van der Waals surface area contributed by atoms with E-state index >= 15 is 0 Å². The van der Waals surface area contributed by atoms with Crippen LogP contribution in [-0.4, -0.2) is 42.5 Å². The molecule has 1 saturated heterocycles. The molecular formula is C23H35N5O2. The number of aliphatic hydroxyl groups is 1. The molecule has 2 aromatic rings. The minimum Gasteiger partial charge on any atom is -0.396 e. The number of hydrogen-bond acceptors (Lipinski definition) is 5. The predicted molar refractivity (Wildman–Crippen MR) is 121 cm³/mol. The first kappa shape index (κ1) is 22.2. The van der Waals surface area contributed by atoms with Crippen LogP contribution in [0.2, 0.25) is 0 Å². The number of rotatable bonds is 8. The second-order valence-corrected chi connectivity index (χ2v) is 8.20. The Labute approximate surface area is 179 Å². The minimum atomic E-state index is 0.308. The summed E-state index contributed by atoms with van der Waals surface area (Å²) >= 11 is 0. The van der Waals surface area contributed by atoms with Gasteiger partial charge in [-0.2, -0.15) is 0 Å². The van der Waals surface area contributed by atoms with E-state index in [1.54, 1.807) is 0 Å². The molecule has 7 nitrogen and oxygen atoms in total. The number of anilines is 1. The molecule has 30 heavy (non-hydrogen) atoms. The average molecular weight is 414 g/mol. The minimum absolute atomic E-state index is 0.308. The zero-order valence-corrected chi connectivity index (χ0v) is 18.4. The Balaban J connectivity index is 1.53. The van der Waals surface area contributed by atoms with Gasteiger partial charge in [0, 0.05) is 38.0 Å². The van der Waals surface area contributed by atoms with Gasteiger partial charge in [0.1, 0.15) is 0 Å². The molecule has 1 aromatic carbocycles. The van der Waals surface area contributed by atoms with Gasteiger partial charge in [-0.15, -0.1) is 0 Å². The average Bonchev–Trinajstić information content (AvgIpc) is 3.26. The number of aliphatic hydroxyl groups excluding tert-OH is 1. The van der Waals surface area contributed by atoms with Crippen molar-refractivity contribution >= 4 is 11.6 Å². The van der Waals surface area contributed by atoms with Crippen LogP contribution >= 0.6 is 0 Å². The van der Waals surface area contributed by atoms with E-state index in [0.717, 1.165) is 49.9 Å². The van der Waals surface area contributed by atoms with Gasteiger partial charge in [-0.1, -0.05) is 31.1 Å². The number of hydrogen-bond donors (Lipinski definition) is 3. The van der Waals surface area contributed by atoms with Crippen LogP contribution in [0.4, 0.5) is 5.69 Å². The first-order chi connectivity index (χ1) is 14.6. The van der Waals surface area contributed by atoms with Crippen molar-refractivity contribution in [2.24, 2.45) is 10.9 Å². The predicted octanol–water partition coefficient (Wildman–Crippen LogP) is 3.26. The number of aliphatic imine (C=N–C) groups is 1. The topological polar surface area (TPSA) is 85.9 Å². The summed E-state index contributed by atoms with van der Waals surface area (Å²) < 4.78 is 5.39. The van der Waals surface area contributed by atoms with Crippen molar-refractivity contribution < 1.29 is 9.63 Å². The van der Waals surface area contributed by atoms with Crippen molar-refractivity contribution in [2.45, 2.75) is 52.6 Å². The molecule has 0 saturated carbocycles. The Hall–Kier alpha value is -2.54. The van der Waals surface area contributed by atoms with Crippen molar-refractivity contribution in [3.05, 3.63) is 47.3 Å². The van der Waals surface area contributed by atoms with Crippen LogP contribution in [0.5, 0.6) is 0 Å². The number of aromatic nitrogens is 1. The van der Waals surface area contributed by atoms with Gasteiger partial charge in [0.15, 0.2) is 11.7 Å². The van der Waals surface area contributed by atoms with Crippen LogP contribution in [0.15, 0.2) is 39.8 Å². The molecule has 1 aliphatic rings.